The van der Waals surface area contributed by atoms with E-state index >= 15 is 0 Å². The zero-order valence-corrected chi connectivity index (χ0v) is 7.59. The Bertz CT molecular complexity index is 188. The molecule has 1 aliphatic rings. The molecule has 0 saturated carbocycles. The third-order valence-electron chi connectivity index (χ3n) is 1.56. The molecule has 0 aromatic rings. The van der Waals surface area contributed by atoms with E-state index in [0.29, 0.717) is 0 Å². The first-order chi connectivity index (χ1) is 5.36. The first kappa shape index (κ1) is 9.48. The fourth-order valence-electron chi connectivity index (χ4n) is 1.10. The van der Waals surface area contributed by atoms with Crippen LogP contribution in [0.1, 0.15) is 20.8 Å². The second-order valence-electron chi connectivity index (χ2n) is 4.01. The number of carboxylic acid groups (broad SMARTS) is 1. The smallest absolute Gasteiger partial charge is 0.340 e. The maximum Gasteiger partial charge on any atom is 0.340 e. The van der Waals surface area contributed by atoms with E-state index in [9.17, 15) is 4.79 Å². The number of hydrogen-bond acceptors (Lipinski definition) is 3. The molecule has 4 nitrogen and oxygen atoms in total. The van der Waals surface area contributed by atoms with E-state index < -0.39 is 17.2 Å². The molecule has 1 heterocycles. The highest BCUT2D eigenvalue weighted by Gasteiger charge is 2.50. The second-order valence-corrected chi connectivity index (χ2v) is 4.01. The standard InChI is InChI=1S/C8H14O4/c1-7(2,3)12-8(6(9)10)4-11-5-8/h4-5H2,1-3H3,(H,9,10). The van der Waals surface area contributed by atoms with Crippen molar-refractivity contribution in [2.45, 2.75) is 32.0 Å². The van der Waals surface area contributed by atoms with Gasteiger partial charge >= 0.3 is 5.97 Å². The summed E-state index contributed by atoms with van der Waals surface area (Å²) in [4.78, 5) is 10.8. The van der Waals surface area contributed by atoms with E-state index in [1.54, 1.807) is 0 Å². The van der Waals surface area contributed by atoms with Crippen LogP contribution in [0.4, 0.5) is 0 Å². The van der Waals surface area contributed by atoms with Crippen molar-refractivity contribution in [2.75, 3.05) is 13.2 Å². The topological polar surface area (TPSA) is 55.8 Å². The Morgan fingerprint density at radius 2 is 2.00 bits per heavy atom. The minimum atomic E-state index is -1.10. The molecule has 0 aliphatic carbocycles. The van der Waals surface area contributed by atoms with Crippen LogP contribution in [0.15, 0.2) is 0 Å². The lowest BCUT2D eigenvalue weighted by molar-refractivity contribution is -0.252. The molecule has 1 saturated heterocycles. The summed E-state index contributed by atoms with van der Waals surface area (Å²) in [6.07, 6.45) is 0. The van der Waals surface area contributed by atoms with Gasteiger partial charge in [0, 0.05) is 0 Å². The number of aliphatic carboxylic acids is 1. The average Bonchev–Trinajstić information content (AvgIpc) is 1.75. The number of hydrogen-bond donors (Lipinski definition) is 1. The van der Waals surface area contributed by atoms with E-state index in [2.05, 4.69) is 0 Å². The van der Waals surface area contributed by atoms with Gasteiger partial charge in [-0.05, 0) is 20.8 Å². The molecule has 1 aliphatic heterocycles. The van der Waals surface area contributed by atoms with E-state index in [1.807, 2.05) is 20.8 Å². The summed E-state index contributed by atoms with van der Waals surface area (Å²) in [6.45, 7) is 5.79. The van der Waals surface area contributed by atoms with Crippen molar-refractivity contribution in [1.29, 1.82) is 0 Å². The molecule has 1 rings (SSSR count). The Kier molecular flexibility index (Phi) is 2.14. The van der Waals surface area contributed by atoms with Gasteiger partial charge in [-0.1, -0.05) is 0 Å². The van der Waals surface area contributed by atoms with Crippen LogP contribution < -0.4 is 0 Å². The second kappa shape index (κ2) is 2.71. The highest BCUT2D eigenvalue weighted by molar-refractivity contribution is 5.79. The van der Waals surface area contributed by atoms with Crippen LogP contribution in [0, 0.1) is 0 Å². The fraction of sp³-hybridized carbons (Fsp3) is 0.875. The first-order valence-corrected chi connectivity index (χ1v) is 3.87. The van der Waals surface area contributed by atoms with Gasteiger partial charge in [-0.2, -0.15) is 0 Å². The van der Waals surface area contributed by atoms with Gasteiger partial charge in [0.1, 0.15) is 0 Å². The molecule has 0 radical (unpaired) electrons. The van der Waals surface area contributed by atoms with Gasteiger partial charge in [-0.3, -0.25) is 0 Å². The normalized spacial score (nSPS) is 21.6. The zero-order valence-electron chi connectivity index (χ0n) is 7.59. The highest BCUT2D eigenvalue weighted by atomic mass is 16.6. The molecule has 4 heteroatoms. The Labute approximate surface area is 71.5 Å². The third-order valence-corrected chi connectivity index (χ3v) is 1.56. The lowest BCUT2D eigenvalue weighted by Crippen LogP contribution is -2.60. The molecule has 0 aromatic carbocycles. The Morgan fingerprint density at radius 1 is 1.50 bits per heavy atom. The maximum absolute atomic E-state index is 10.8. The summed E-state index contributed by atoms with van der Waals surface area (Å²) in [6, 6.07) is 0. The molecule has 70 valence electrons. The van der Waals surface area contributed by atoms with E-state index in [0.717, 1.165) is 0 Å². The predicted octanol–water partition coefficient (Wildman–Crippen LogP) is 0.655. The number of ether oxygens (including phenoxy) is 2. The number of carbonyl (C=O) groups is 1. The van der Waals surface area contributed by atoms with Crippen LogP contribution in [0.3, 0.4) is 0 Å². The Morgan fingerprint density at radius 3 is 2.08 bits per heavy atom. The number of carboxylic acids is 1. The molecule has 0 aromatic heterocycles. The molecule has 0 amide bonds. The third kappa shape index (κ3) is 1.76. The monoisotopic (exact) mass is 174 g/mol. The van der Waals surface area contributed by atoms with Crippen LogP contribution in [0.5, 0.6) is 0 Å². The summed E-state index contributed by atoms with van der Waals surface area (Å²) < 4.78 is 10.2. The molecule has 1 fully saturated rings. The maximum atomic E-state index is 10.8. The molecule has 0 atom stereocenters. The van der Waals surface area contributed by atoms with Gasteiger partial charge in [-0.25, -0.2) is 4.79 Å². The summed E-state index contributed by atoms with van der Waals surface area (Å²) in [5.41, 5.74) is -1.54. The molecule has 12 heavy (non-hydrogen) atoms. The van der Waals surface area contributed by atoms with Gasteiger partial charge in [0.25, 0.3) is 0 Å². The molecule has 0 unspecified atom stereocenters. The Hall–Kier alpha value is -0.610. The van der Waals surface area contributed by atoms with Crippen molar-refractivity contribution in [3.05, 3.63) is 0 Å². The van der Waals surface area contributed by atoms with Crippen molar-refractivity contribution in [2.24, 2.45) is 0 Å². The van der Waals surface area contributed by atoms with E-state index in [4.69, 9.17) is 14.6 Å². The van der Waals surface area contributed by atoms with Gasteiger partial charge in [0.2, 0.25) is 5.60 Å². The quantitative estimate of drug-likeness (QED) is 0.668. The molecule has 1 N–H and O–H groups in total. The molecule has 0 spiro atoms. The van der Waals surface area contributed by atoms with Crippen LogP contribution in [0.2, 0.25) is 0 Å². The highest BCUT2D eigenvalue weighted by Crippen LogP contribution is 2.27. The van der Waals surface area contributed by atoms with Crippen molar-refractivity contribution in [3.8, 4) is 0 Å². The lowest BCUT2D eigenvalue weighted by atomic mass is 10.0. The summed E-state index contributed by atoms with van der Waals surface area (Å²) in [5, 5.41) is 8.84. The summed E-state index contributed by atoms with van der Waals surface area (Å²) in [5.74, 6) is -0.941. The van der Waals surface area contributed by atoms with Gasteiger partial charge < -0.3 is 14.6 Å². The summed E-state index contributed by atoms with van der Waals surface area (Å²) >= 11 is 0. The van der Waals surface area contributed by atoms with Crippen LogP contribution in [-0.4, -0.2) is 35.5 Å². The van der Waals surface area contributed by atoms with Crippen molar-refractivity contribution >= 4 is 5.97 Å². The lowest BCUT2D eigenvalue weighted by Gasteiger charge is -2.41. The van der Waals surface area contributed by atoms with Crippen molar-refractivity contribution in [1.82, 2.24) is 0 Å². The van der Waals surface area contributed by atoms with E-state index in [-0.39, 0.29) is 13.2 Å². The van der Waals surface area contributed by atoms with Gasteiger partial charge in [-0.15, -0.1) is 0 Å². The van der Waals surface area contributed by atoms with Crippen molar-refractivity contribution in [3.63, 3.8) is 0 Å². The Balaban J connectivity index is 2.63. The average molecular weight is 174 g/mol. The minimum Gasteiger partial charge on any atom is -0.479 e. The number of rotatable bonds is 2. The fourth-order valence-corrected chi connectivity index (χ4v) is 1.10. The van der Waals surface area contributed by atoms with Crippen LogP contribution in [-0.2, 0) is 14.3 Å². The molecular weight excluding hydrogens is 160 g/mol. The van der Waals surface area contributed by atoms with Gasteiger partial charge in [0.15, 0.2) is 0 Å². The van der Waals surface area contributed by atoms with Gasteiger partial charge in [0.05, 0.1) is 18.8 Å². The van der Waals surface area contributed by atoms with Crippen LogP contribution >= 0.6 is 0 Å². The largest absolute Gasteiger partial charge is 0.479 e. The summed E-state index contributed by atoms with van der Waals surface area (Å²) in [7, 11) is 0. The molecule has 0 bridgehead atoms. The van der Waals surface area contributed by atoms with Crippen LogP contribution in [0.25, 0.3) is 0 Å². The van der Waals surface area contributed by atoms with Crippen molar-refractivity contribution < 1.29 is 19.4 Å². The SMILES string of the molecule is CC(C)(C)OC1(C(=O)O)COC1. The minimum absolute atomic E-state index is 0.152. The molecular formula is C8H14O4. The predicted molar refractivity (Wildman–Crippen MR) is 42.0 cm³/mol. The zero-order chi connectivity index (χ0) is 9.41. The van der Waals surface area contributed by atoms with E-state index in [1.165, 1.54) is 0 Å². The first-order valence-electron chi connectivity index (χ1n) is 3.87.